The summed E-state index contributed by atoms with van der Waals surface area (Å²) in [6.07, 6.45) is 4.23. The Morgan fingerprint density at radius 3 is 2.18 bits per heavy atom. The maximum atomic E-state index is 12.8. The molecule has 9 heteroatoms. The number of benzene rings is 1. The Morgan fingerprint density at radius 1 is 1.00 bits per heavy atom. The normalized spacial score (nSPS) is 15.2. The number of hydrogen-bond donors (Lipinski definition) is 1. The van der Waals surface area contributed by atoms with Crippen molar-refractivity contribution in [3.63, 3.8) is 0 Å². The highest BCUT2D eigenvalue weighted by Crippen LogP contribution is 2.27. The molecule has 0 spiro atoms. The van der Waals surface area contributed by atoms with Crippen LogP contribution < -0.4 is 14.8 Å². The van der Waals surface area contributed by atoms with E-state index >= 15 is 0 Å². The third-order valence-electron chi connectivity index (χ3n) is 4.77. The molecular weight excluding hydrogens is 382 g/mol. The van der Waals surface area contributed by atoms with Crippen molar-refractivity contribution < 1.29 is 22.7 Å². The molecule has 1 aliphatic rings. The number of methoxy groups -OCH3 is 2. The van der Waals surface area contributed by atoms with E-state index in [1.807, 2.05) is 0 Å². The molecule has 1 aliphatic heterocycles. The molecule has 1 aromatic heterocycles. The van der Waals surface area contributed by atoms with E-state index < -0.39 is 15.9 Å². The highest BCUT2D eigenvalue weighted by atomic mass is 32.2. The number of piperidine rings is 1. The zero-order chi connectivity index (χ0) is 20.3. The zero-order valence-electron chi connectivity index (χ0n) is 16.3. The lowest BCUT2D eigenvalue weighted by Gasteiger charge is -2.25. The molecule has 2 heterocycles. The van der Waals surface area contributed by atoms with Crippen LogP contribution in [0.2, 0.25) is 0 Å². The smallest absolute Gasteiger partial charge is 0.272 e. The van der Waals surface area contributed by atoms with Crippen LogP contribution in [0.1, 0.15) is 29.8 Å². The van der Waals surface area contributed by atoms with Crippen molar-refractivity contribution in [3.8, 4) is 11.5 Å². The first-order valence-electron chi connectivity index (χ1n) is 9.06. The van der Waals surface area contributed by atoms with Gasteiger partial charge in [0.1, 0.15) is 22.1 Å². The van der Waals surface area contributed by atoms with Gasteiger partial charge in [0.15, 0.2) is 0 Å². The maximum absolute atomic E-state index is 12.8. The number of sulfonamides is 1. The zero-order valence-corrected chi connectivity index (χ0v) is 17.1. The fraction of sp³-hybridized carbons (Fsp3) is 0.421. The van der Waals surface area contributed by atoms with Crippen LogP contribution in [0.15, 0.2) is 35.4 Å². The molecule has 1 N–H and O–H groups in total. The van der Waals surface area contributed by atoms with Crippen molar-refractivity contribution in [2.75, 3.05) is 32.6 Å². The summed E-state index contributed by atoms with van der Waals surface area (Å²) in [4.78, 5) is 12.9. The summed E-state index contributed by atoms with van der Waals surface area (Å²) >= 11 is 0. The molecule has 1 amide bonds. The minimum absolute atomic E-state index is 0.130. The SMILES string of the molecule is COc1cc(NC(=O)c2cc(S(=O)(=O)N3CCCCC3)cn2C)cc(OC)c1. The van der Waals surface area contributed by atoms with E-state index in [1.165, 1.54) is 35.4 Å². The Morgan fingerprint density at radius 2 is 1.61 bits per heavy atom. The molecule has 0 radical (unpaired) electrons. The van der Waals surface area contributed by atoms with Gasteiger partial charge < -0.3 is 19.4 Å². The maximum Gasteiger partial charge on any atom is 0.272 e. The largest absolute Gasteiger partial charge is 0.497 e. The molecule has 1 aromatic carbocycles. The molecule has 3 rings (SSSR count). The number of rotatable bonds is 6. The molecular formula is C19H25N3O5S. The third-order valence-corrected chi connectivity index (χ3v) is 6.64. The van der Waals surface area contributed by atoms with E-state index in [9.17, 15) is 13.2 Å². The second kappa shape index (κ2) is 8.24. The van der Waals surface area contributed by atoms with Gasteiger partial charge in [-0.1, -0.05) is 6.42 Å². The minimum atomic E-state index is -3.60. The van der Waals surface area contributed by atoms with Gasteiger partial charge in [-0.25, -0.2) is 8.42 Å². The number of nitrogens with zero attached hydrogens (tertiary/aromatic N) is 2. The molecule has 8 nitrogen and oxygen atoms in total. The molecule has 0 saturated carbocycles. The summed E-state index contributed by atoms with van der Waals surface area (Å²) in [5.41, 5.74) is 0.736. The van der Waals surface area contributed by atoms with Crippen molar-refractivity contribution in [1.29, 1.82) is 0 Å². The monoisotopic (exact) mass is 407 g/mol. The molecule has 152 valence electrons. The fourth-order valence-electron chi connectivity index (χ4n) is 3.23. The Balaban J connectivity index is 1.84. The number of aryl methyl sites for hydroxylation is 1. The van der Waals surface area contributed by atoms with Crippen molar-refractivity contribution in [2.24, 2.45) is 7.05 Å². The molecule has 0 bridgehead atoms. The number of nitrogens with one attached hydrogen (secondary N) is 1. The summed E-state index contributed by atoms with van der Waals surface area (Å²) in [6, 6.07) is 6.43. The van der Waals surface area contributed by atoms with Gasteiger partial charge in [0, 0.05) is 50.2 Å². The number of carbonyl (C=O) groups excluding carboxylic acids is 1. The Labute approximate surface area is 165 Å². The molecule has 2 aromatic rings. The molecule has 1 saturated heterocycles. The van der Waals surface area contributed by atoms with Crippen molar-refractivity contribution in [3.05, 3.63) is 36.2 Å². The first-order chi connectivity index (χ1) is 13.3. The predicted octanol–water partition coefficient (Wildman–Crippen LogP) is 2.47. The van der Waals surface area contributed by atoms with Crippen LogP contribution in [0, 0.1) is 0 Å². The summed E-state index contributed by atoms with van der Waals surface area (Å²) in [7, 11) is 1.10. The Kier molecular flexibility index (Phi) is 5.95. The van der Waals surface area contributed by atoms with Gasteiger partial charge in [-0.3, -0.25) is 4.79 Å². The van der Waals surface area contributed by atoms with E-state index in [0.717, 1.165) is 19.3 Å². The first-order valence-corrected chi connectivity index (χ1v) is 10.5. The average molecular weight is 407 g/mol. The van der Waals surface area contributed by atoms with Crippen LogP contribution in [0.4, 0.5) is 5.69 Å². The van der Waals surface area contributed by atoms with Gasteiger partial charge in [-0.2, -0.15) is 4.31 Å². The van der Waals surface area contributed by atoms with E-state index in [1.54, 1.807) is 25.2 Å². The van der Waals surface area contributed by atoms with E-state index in [2.05, 4.69) is 5.32 Å². The quantitative estimate of drug-likeness (QED) is 0.795. The minimum Gasteiger partial charge on any atom is -0.497 e. The van der Waals surface area contributed by atoms with Crippen molar-refractivity contribution in [1.82, 2.24) is 8.87 Å². The summed E-state index contributed by atoms with van der Waals surface area (Å²) in [5, 5.41) is 2.76. The number of aromatic nitrogens is 1. The first kappa shape index (κ1) is 20.2. The van der Waals surface area contributed by atoms with E-state index in [0.29, 0.717) is 30.3 Å². The van der Waals surface area contributed by atoms with Crippen molar-refractivity contribution in [2.45, 2.75) is 24.2 Å². The van der Waals surface area contributed by atoms with Gasteiger partial charge >= 0.3 is 0 Å². The highest BCUT2D eigenvalue weighted by Gasteiger charge is 2.28. The summed E-state index contributed by atoms with van der Waals surface area (Å²) in [5.74, 6) is 0.655. The van der Waals surface area contributed by atoms with Crippen LogP contribution in [0.25, 0.3) is 0 Å². The van der Waals surface area contributed by atoms with E-state index in [-0.39, 0.29) is 10.6 Å². The van der Waals surface area contributed by atoms with Gasteiger partial charge in [0.25, 0.3) is 5.91 Å². The summed E-state index contributed by atoms with van der Waals surface area (Å²) < 4.78 is 39.1. The van der Waals surface area contributed by atoms with Crippen LogP contribution in [0.3, 0.4) is 0 Å². The van der Waals surface area contributed by atoms with Gasteiger partial charge in [-0.15, -0.1) is 0 Å². The van der Waals surface area contributed by atoms with Crippen LogP contribution in [0.5, 0.6) is 11.5 Å². The second-order valence-electron chi connectivity index (χ2n) is 6.69. The van der Waals surface area contributed by atoms with Gasteiger partial charge in [-0.05, 0) is 18.9 Å². The lowest BCUT2D eigenvalue weighted by molar-refractivity contribution is 0.101. The van der Waals surface area contributed by atoms with Gasteiger partial charge in [0.2, 0.25) is 10.0 Å². The molecule has 0 atom stereocenters. The highest BCUT2D eigenvalue weighted by molar-refractivity contribution is 7.89. The second-order valence-corrected chi connectivity index (χ2v) is 8.63. The topological polar surface area (TPSA) is 89.9 Å². The lowest BCUT2D eigenvalue weighted by Crippen LogP contribution is -2.35. The Bertz CT molecular complexity index is 940. The number of amides is 1. The molecule has 1 fully saturated rings. The van der Waals surface area contributed by atoms with Crippen LogP contribution in [-0.2, 0) is 17.1 Å². The van der Waals surface area contributed by atoms with Crippen molar-refractivity contribution >= 4 is 21.6 Å². The van der Waals surface area contributed by atoms with Gasteiger partial charge in [0.05, 0.1) is 14.2 Å². The summed E-state index contributed by atoms with van der Waals surface area (Å²) in [6.45, 7) is 1.03. The standard InChI is InChI=1S/C19H25N3O5S/c1-21-13-17(28(24,25)22-7-5-4-6-8-22)12-18(21)19(23)20-14-9-15(26-2)11-16(10-14)27-3/h9-13H,4-8H2,1-3H3,(H,20,23). The fourth-order valence-corrected chi connectivity index (χ4v) is 4.82. The van der Waals surface area contributed by atoms with E-state index in [4.69, 9.17) is 9.47 Å². The Hall–Kier alpha value is -2.52. The number of hydrogen-bond acceptors (Lipinski definition) is 5. The molecule has 0 aliphatic carbocycles. The average Bonchev–Trinajstić information content (AvgIpc) is 3.11. The molecule has 28 heavy (non-hydrogen) atoms. The lowest BCUT2D eigenvalue weighted by atomic mass is 10.2. The number of ether oxygens (including phenoxy) is 2. The number of carbonyl (C=O) groups is 1. The van der Waals surface area contributed by atoms with Crippen LogP contribution in [-0.4, -0.2) is 50.5 Å². The van der Waals surface area contributed by atoms with Crippen LogP contribution >= 0.6 is 0 Å². The number of anilines is 1. The predicted molar refractivity (Wildman–Crippen MR) is 106 cm³/mol. The third kappa shape index (κ3) is 4.15. The molecule has 0 unspecified atom stereocenters.